The second-order valence-electron chi connectivity index (χ2n) is 3.21. The average Bonchev–Trinajstić information content (AvgIpc) is 2.69. The molecule has 5 heteroatoms. The van der Waals surface area contributed by atoms with Crippen molar-refractivity contribution >= 4 is 47.8 Å². The molecule has 0 aliphatic heterocycles. The molecule has 0 radical (unpaired) electrons. The summed E-state index contributed by atoms with van der Waals surface area (Å²) < 4.78 is 6.54. The van der Waals surface area contributed by atoms with Gasteiger partial charge in [-0.15, -0.1) is 0 Å². The van der Waals surface area contributed by atoms with E-state index in [0.29, 0.717) is 0 Å². The van der Waals surface area contributed by atoms with Gasteiger partial charge in [-0.05, 0) is 0 Å². The molecule has 0 bridgehead atoms. The van der Waals surface area contributed by atoms with Crippen molar-refractivity contribution < 1.29 is 4.42 Å². The van der Waals surface area contributed by atoms with Gasteiger partial charge in [0.15, 0.2) is 0 Å². The maximum atomic E-state index is 5.71. The van der Waals surface area contributed by atoms with Crippen molar-refractivity contribution in [2.45, 2.75) is 37.7 Å². The van der Waals surface area contributed by atoms with E-state index in [4.69, 9.17) is 10.2 Å². The van der Waals surface area contributed by atoms with Gasteiger partial charge >= 0.3 is 80.2 Å². The Hall–Kier alpha value is 0.739. The predicted octanol–water partition coefficient (Wildman–Crippen LogP) is 2.27. The van der Waals surface area contributed by atoms with Crippen LogP contribution in [0.25, 0.3) is 0 Å². The SMILES string of the molecule is CC(N)c1occc1C[CH2][SnH+2].CC[S-].CC[S-]. The van der Waals surface area contributed by atoms with E-state index in [-0.39, 0.29) is 6.04 Å². The number of nitrogens with two attached hydrogens (primary N) is 1. The molecule has 1 aromatic rings. The minimum Gasteiger partial charge on any atom is -0.793 e. The van der Waals surface area contributed by atoms with Crippen LogP contribution in [0.1, 0.15) is 38.1 Å². The zero-order chi connectivity index (χ0) is 13.7. The molecule has 1 aromatic heterocycles. The van der Waals surface area contributed by atoms with E-state index in [0.717, 1.165) is 23.7 Å². The summed E-state index contributed by atoms with van der Waals surface area (Å²) in [6.07, 6.45) is 2.85. The molecule has 1 heterocycles. The molecule has 0 fully saturated rings. The van der Waals surface area contributed by atoms with Gasteiger partial charge in [0, 0.05) is 0 Å². The Bertz CT molecular complexity index is 252. The van der Waals surface area contributed by atoms with Crippen LogP contribution in [-0.2, 0) is 31.7 Å². The molecule has 0 aliphatic carbocycles. The van der Waals surface area contributed by atoms with Crippen molar-refractivity contribution in [3.63, 3.8) is 0 Å². The molecular formula is C12H23NOS2Sn. The van der Waals surface area contributed by atoms with Crippen molar-refractivity contribution in [1.29, 1.82) is 0 Å². The van der Waals surface area contributed by atoms with Gasteiger partial charge in [0.05, 0.1) is 0 Å². The van der Waals surface area contributed by atoms with E-state index in [2.05, 4.69) is 25.3 Å². The molecule has 1 rings (SSSR count). The first-order valence-electron chi connectivity index (χ1n) is 5.76. The molecule has 0 saturated carbocycles. The summed E-state index contributed by atoms with van der Waals surface area (Å²) in [4.78, 5) is 0. The minimum absolute atomic E-state index is 0.0344. The van der Waals surface area contributed by atoms with Gasteiger partial charge in [-0.2, -0.15) is 11.5 Å². The molecule has 0 spiro atoms. The minimum atomic E-state index is 0.0344. The predicted molar refractivity (Wildman–Crippen MR) is 82.8 cm³/mol. The van der Waals surface area contributed by atoms with Crippen LogP contribution >= 0.6 is 0 Å². The van der Waals surface area contributed by atoms with Crippen molar-refractivity contribution in [3.8, 4) is 0 Å². The second-order valence-corrected chi connectivity index (χ2v) is 6.02. The molecular weight excluding hydrogens is 357 g/mol. The van der Waals surface area contributed by atoms with Gasteiger partial charge in [0.25, 0.3) is 0 Å². The summed E-state index contributed by atoms with van der Waals surface area (Å²) >= 11 is 10.1. The fourth-order valence-corrected chi connectivity index (χ4v) is 2.00. The van der Waals surface area contributed by atoms with Gasteiger partial charge < -0.3 is 25.3 Å². The van der Waals surface area contributed by atoms with E-state index in [9.17, 15) is 0 Å². The Morgan fingerprint density at radius 1 is 1.35 bits per heavy atom. The van der Waals surface area contributed by atoms with Gasteiger partial charge in [-0.3, -0.25) is 0 Å². The zero-order valence-corrected chi connectivity index (χ0v) is 15.9. The number of furan rings is 1. The molecule has 2 nitrogen and oxygen atoms in total. The van der Waals surface area contributed by atoms with Crippen LogP contribution in [-0.4, -0.2) is 34.0 Å². The Morgan fingerprint density at radius 2 is 1.82 bits per heavy atom. The van der Waals surface area contributed by atoms with Crippen molar-refractivity contribution in [2.24, 2.45) is 5.73 Å². The van der Waals surface area contributed by atoms with Crippen LogP contribution in [0.4, 0.5) is 0 Å². The summed E-state index contributed by atoms with van der Waals surface area (Å²) in [5, 5.41) is 0. The monoisotopic (exact) mass is 381 g/mol. The third kappa shape index (κ3) is 11.6. The van der Waals surface area contributed by atoms with Crippen molar-refractivity contribution in [3.05, 3.63) is 23.7 Å². The van der Waals surface area contributed by atoms with Gasteiger partial charge in [0.1, 0.15) is 0 Å². The first kappa shape index (κ1) is 20.1. The summed E-state index contributed by atoms with van der Waals surface area (Å²) in [5.41, 5.74) is 6.99. The standard InChI is InChI=1S/C8H12NO.2C2H6S.Sn.H/c1-3-7-4-5-10-8(7)6(2)9;2*1-2-3;;/h4-6H,1,3,9H2,2H3;2*3H,2H2,1H3;;/q;;;+2;/p-2. The van der Waals surface area contributed by atoms with E-state index in [1.807, 2.05) is 26.8 Å². The van der Waals surface area contributed by atoms with Crippen molar-refractivity contribution in [1.82, 2.24) is 0 Å². The maximum Gasteiger partial charge on any atom is -0.0874 e. The fraction of sp³-hybridized carbons (Fsp3) is 0.667. The van der Waals surface area contributed by atoms with Crippen LogP contribution in [0.15, 0.2) is 16.7 Å². The quantitative estimate of drug-likeness (QED) is 0.645. The Labute approximate surface area is 130 Å². The maximum absolute atomic E-state index is 5.71. The molecule has 0 aliphatic rings. The Kier molecular flexibility index (Phi) is 17.5. The summed E-state index contributed by atoms with van der Waals surface area (Å²) in [6.45, 7) is 5.83. The molecule has 1 atom stereocenters. The van der Waals surface area contributed by atoms with Crippen LogP contribution in [0, 0.1) is 0 Å². The van der Waals surface area contributed by atoms with E-state index in [1.165, 1.54) is 32.5 Å². The number of hydrogen-bond donors (Lipinski definition) is 1. The van der Waals surface area contributed by atoms with Gasteiger partial charge in [-0.1, -0.05) is 13.8 Å². The van der Waals surface area contributed by atoms with Crippen LogP contribution in [0.3, 0.4) is 0 Å². The van der Waals surface area contributed by atoms with Crippen LogP contribution < -0.4 is 5.73 Å². The summed E-state index contributed by atoms with van der Waals surface area (Å²) in [5.74, 6) is 2.62. The zero-order valence-electron chi connectivity index (χ0n) is 10.9. The molecule has 98 valence electrons. The van der Waals surface area contributed by atoms with E-state index >= 15 is 0 Å². The number of rotatable bonds is 3. The second kappa shape index (κ2) is 14.8. The van der Waals surface area contributed by atoms with Crippen LogP contribution in [0.2, 0.25) is 4.44 Å². The third-order valence-corrected chi connectivity index (χ3v) is 2.43. The molecule has 0 amide bonds. The normalized spacial score (nSPS) is 10.6. The summed E-state index contributed by atoms with van der Waals surface area (Å²) in [6, 6.07) is 2.06. The van der Waals surface area contributed by atoms with Gasteiger partial charge in [-0.25, -0.2) is 0 Å². The summed E-state index contributed by atoms with van der Waals surface area (Å²) in [7, 11) is 0. The Morgan fingerprint density at radius 3 is 2.18 bits per heavy atom. The van der Waals surface area contributed by atoms with E-state index in [1.54, 1.807) is 6.26 Å². The smallest absolute Gasteiger partial charge is 0.0874 e. The number of aryl methyl sites for hydroxylation is 1. The molecule has 0 aromatic carbocycles. The third-order valence-electron chi connectivity index (χ3n) is 1.61. The topological polar surface area (TPSA) is 39.2 Å². The van der Waals surface area contributed by atoms with E-state index < -0.39 is 0 Å². The van der Waals surface area contributed by atoms with Crippen LogP contribution in [0.5, 0.6) is 0 Å². The molecule has 1 unspecified atom stereocenters. The molecule has 2 N–H and O–H groups in total. The molecule has 0 saturated heterocycles. The fourth-order valence-electron chi connectivity index (χ4n) is 1.11. The largest absolute Gasteiger partial charge is 0.793 e. The average molecular weight is 380 g/mol. The Balaban J connectivity index is 0. The first-order valence-corrected chi connectivity index (χ1v) is 9.25. The first-order chi connectivity index (χ1) is 8.08. The number of hydrogen-bond acceptors (Lipinski definition) is 4. The van der Waals surface area contributed by atoms with Crippen molar-refractivity contribution in [2.75, 3.05) is 11.5 Å². The molecule has 17 heavy (non-hydrogen) atoms. The van der Waals surface area contributed by atoms with Gasteiger partial charge in [0.2, 0.25) is 0 Å².